The molecular weight excluding hydrogens is 276 g/mol. The van der Waals surface area contributed by atoms with Gasteiger partial charge in [-0.1, -0.05) is 6.08 Å². The standard InChI is InChI=1S/C11H13F2N3O4/c1-2-10(5-17)7(18)11(12,13)8(20-10)16-4-3-6(14)15-9(16)19/h2-4,7-8,17-18H,1,5H2,(H2,14,15,19)/t7-,8-,10-/m1/s1. The van der Waals surface area contributed by atoms with E-state index in [1.54, 1.807) is 0 Å². The summed E-state index contributed by atoms with van der Waals surface area (Å²) in [5.74, 6) is -3.95. The maximum absolute atomic E-state index is 14.1. The summed E-state index contributed by atoms with van der Waals surface area (Å²) in [4.78, 5) is 14.9. The van der Waals surface area contributed by atoms with Crippen LogP contribution in [0, 0.1) is 0 Å². The summed E-state index contributed by atoms with van der Waals surface area (Å²) in [6.07, 6.45) is -2.62. The molecule has 1 aromatic heterocycles. The number of rotatable bonds is 3. The van der Waals surface area contributed by atoms with Crippen molar-refractivity contribution in [1.29, 1.82) is 0 Å². The van der Waals surface area contributed by atoms with Crippen LogP contribution in [0.25, 0.3) is 0 Å². The summed E-state index contributed by atoms with van der Waals surface area (Å²) in [7, 11) is 0. The molecule has 3 atom stereocenters. The third kappa shape index (κ3) is 1.90. The third-order valence-electron chi connectivity index (χ3n) is 3.18. The summed E-state index contributed by atoms with van der Waals surface area (Å²) < 4.78 is 33.7. The molecular formula is C11H13F2N3O4. The monoisotopic (exact) mass is 289 g/mol. The number of alkyl halides is 2. The molecule has 0 spiro atoms. The molecule has 1 saturated heterocycles. The molecule has 1 fully saturated rings. The molecule has 2 rings (SSSR count). The molecule has 1 aromatic rings. The number of nitrogen functional groups attached to an aromatic ring is 1. The smallest absolute Gasteiger partial charge is 0.351 e. The molecule has 0 amide bonds. The van der Waals surface area contributed by atoms with Crippen LogP contribution in [0.3, 0.4) is 0 Å². The highest BCUT2D eigenvalue weighted by atomic mass is 19.3. The summed E-state index contributed by atoms with van der Waals surface area (Å²) in [5, 5.41) is 18.9. The van der Waals surface area contributed by atoms with Gasteiger partial charge in [0.15, 0.2) is 6.10 Å². The van der Waals surface area contributed by atoms with Crippen molar-refractivity contribution in [2.45, 2.75) is 23.9 Å². The van der Waals surface area contributed by atoms with Crippen molar-refractivity contribution < 1.29 is 23.7 Å². The van der Waals surface area contributed by atoms with Gasteiger partial charge in [0, 0.05) is 6.20 Å². The molecule has 0 saturated carbocycles. The fourth-order valence-electron chi connectivity index (χ4n) is 2.01. The molecule has 0 bridgehead atoms. The van der Waals surface area contributed by atoms with Gasteiger partial charge in [0.25, 0.3) is 0 Å². The third-order valence-corrected chi connectivity index (χ3v) is 3.18. The number of ether oxygens (including phenoxy) is 1. The molecule has 2 heterocycles. The Kier molecular flexibility index (Phi) is 3.36. The van der Waals surface area contributed by atoms with Crippen molar-refractivity contribution in [3.8, 4) is 0 Å². The van der Waals surface area contributed by atoms with Gasteiger partial charge in [0.05, 0.1) is 6.61 Å². The largest absolute Gasteiger partial charge is 0.393 e. The Morgan fingerprint density at radius 3 is 2.75 bits per heavy atom. The van der Waals surface area contributed by atoms with Crippen LogP contribution in [0.2, 0.25) is 0 Å². The number of hydrogen-bond acceptors (Lipinski definition) is 6. The lowest BCUT2D eigenvalue weighted by Crippen LogP contribution is -2.47. The van der Waals surface area contributed by atoms with Gasteiger partial charge in [0.2, 0.25) is 6.23 Å². The van der Waals surface area contributed by atoms with E-state index in [4.69, 9.17) is 10.5 Å². The first kappa shape index (κ1) is 14.6. The van der Waals surface area contributed by atoms with Gasteiger partial charge in [-0.05, 0) is 6.07 Å². The van der Waals surface area contributed by atoms with Crippen molar-refractivity contribution in [2.75, 3.05) is 12.3 Å². The number of aliphatic hydroxyl groups excluding tert-OH is 2. The quantitative estimate of drug-likeness (QED) is 0.633. The van der Waals surface area contributed by atoms with Crippen LogP contribution < -0.4 is 11.4 Å². The number of aromatic nitrogens is 2. The van der Waals surface area contributed by atoms with E-state index in [1.165, 1.54) is 0 Å². The average Bonchev–Trinajstić information content (AvgIpc) is 2.60. The van der Waals surface area contributed by atoms with E-state index in [-0.39, 0.29) is 5.82 Å². The minimum atomic E-state index is -3.82. The Labute approximate surface area is 111 Å². The molecule has 1 aliphatic heterocycles. The van der Waals surface area contributed by atoms with Gasteiger partial charge in [0.1, 0.15) is 11.4 Å². The van der Waals surface area contributed by atoms with Crippen LogP contribution in [0.1, 0.15) is 6.23 Å². The van der Waals surface area contributed by atoms with Gasteiger partial charge < -0.3 is 20.7 Å². The summed E-state index contributed by atoms with van der Waals surface area (Å²) >= 11 is 0. The zero-order valence-electron chi connectivity index (χ0n) is 10.2. The average molecular weight is 289 g/mol. The fraction of sp³-hybridized carbons (Fsp3) is 0.455. The first-order chi connectivity index (χ1) is 9.28. The maximum Gasteiger partial charge on any atom is 0.351 e. The first-order valence-corrected chi connectivity index (χ1v) is 5.61. The Morgan fingerprint density at radius 2 is 2.30 bits per heavy atom. The minimum absolute atomic E-state index is 0.134. The Morgan fingerprint density at radius 1 is 1.65 bits per heavy atom. The molecule has 7 nitrogen and oxygen atoms in total. The van der Waals surface area contributed by atoms with Crippen molar-refractivity contribution >= 4 is 5.82 Å². The number of hydrogen-bond donors (Lipinski definition) is 3. The molecule has 110 valence electrons. The highest BCUT2D eigenvalue weighted by Crippen LogP contribution is 2.47. The SMILES string of the molecule is C=C[C@]1(CO)O[C@@H](n2ccc(N)nc2=O)C(F)(F)[C@@H]1O. The van der Waals surface area contributed by atoms with E-state index >= 15 is 0 Å². The Bertz CT molecular complexity index is 591. The molecule has 20 heavy (non-hydrogen) atoms. The summed E-state index contributed by atoms with van der Waals surface area (Å²) in [6.45, 7) is 2.35. The van der Waals surface area contributed by atoms with Crippen LogP contribution in [0.4, 0.5) is 14.6 Å². The molecule has 0 aromatic carbocycles. The van der Waals surface area contributed by atoms with Crippen LogP contribution in [0.5, 0.6) is 0 Å². The second-order valence-electron chi connectivity index (χ2n) is 4.41. The van der Waals surface area contributed by atoms with Crippen molar-refractivity contribution in [3.05, 3.63) is 35.4 Å². The number of nitrogens with zero attached hydrogens (tertiary/aromatic N) is 2. The number of aliphatic hydroxyl groups is 2. The van der Waals surface area contributed by atoms with Gasteiger partial charge >= 0.3 is 11.6 Å². The van der Waals surface area contributed by atoms with Crippen LogP contribution in [-0.2, 0) is 4.74 Å². The maximum atomic E-state index is 14.1. The lowest BCUT2D eigenvalue weighted by Gasteiger charge is -2.25. The van der Waals surface area contributed by atoms with Gasteiger partial charge in [-0.25, -0.2) is 4.79 Å². The predicted octanol–water partition coefficient (Wildman–Crippen LogP) is -0.732. The van der Waals surface area contributed by atoms with E-state index in [0.29, 0.717) is 4.57 Å². The second kappa shape index (κ2) is 4.62. The normalized spacial score (nSPS) is 32.2. The number of nitrogens with two attached hydrogens (primary N) is 1. The van der Waals surface area contributed by atoms with Crippen molar-refractivity contribution in [2.24, 2.45) is 0 Å². The highest BCUT2D eigenvalue weighted by Gasteiger charge is 2.65. The zero-order chi connectivity index (χ0) is 15.1. The fourth-order valence-corrected chi connectivity index (χ4v) is 2.01. The van der Waals surface area contributed by atoms with Crippen LogP contribution >= 0.6 is 0 Å². The van der Waals surface area contributed by atoms with Crippen molar-refractivity contribution in [1.82, 2.24) is 9.55 Å². The summed E-state index contributed by atoms with van der Waals surface area (Å²) in [5.41, 5.74) is 2.15. The van der Waals surface area contributed by atoms with E-state index in [0.717, 1.165) is 18.3 Å². The molecule has 9 heteroatoms. The molecule has 4 N–H and O–H groups in total. The topological polar surface area (TPSA) is 111 Å². The van der Waals surface area contributed by atoms with Gasteiger partial charge in [-0.3, -0.25) is 4.57 Å². The molecule has 0 aliphatic carbocycles. The van der Waals surface area contributed by atoms with E-state index in [9.17, 15) is 23.8 Å². The van der Waals surface area contributed by atoms with Crippen LogP contribution in [-0.4, -0.2) is 44.0 Å². The Balaban J connectivity index is 2.52. The summed E-state index contributed by atoms with van der Waals surface area (Å²) in [6, 6.07) is 1.14. The predicted molar refractivity (Wildman–Crippen MR) is 64.0 cm³/mol. The van der Waals surface area contributed by atoms with E-state index in [2.05, 4.69) is 11.6 Å². The lowest BCUT2D eigenvalue weighted by molar-refractivity contribution is -0.142. The second-order valence-corrected chi connectivity index (χ2v) is 4.41. The van der Waals surface area contributed by atoms with Crippen molar-refractivity contribution in [3.63, 3.8) is 0 Å². The van der Waals surface area contributed by atoms with E-state index < -0.39 is 36.2 Å². The minimum Gasteiger partial charge on any atom is -0.393 e. The first-order valence-electron chi connectivity index (χ1n) is 5.61. The number of anilines is 1. The molecule has 0 radical (unpaired) electrons. The molecule has 0 unspecified atom stereocenters. The van der Waals surface area contributed by atoms with E-state index in [1.807, 2.05) is 0 Å². The molecule has 1 aliphatic rings. The lowest BCUT2D eigenvalue weighted by atomic mass is 9.96. The van der Waals surface area contributed by atoms with Gasteiger partial charge in [-0.15, -0.1) is 6.58 Å². The zero-order valence-corrected chi connectivity index (χ0v) is 10.2. The van der Waals surface area contributed by atoms with Gasteiger partial charge in [-0.2, -0.15) is 13.8 Å². The Hall–Kier alpha value is -1.84. The highest BCUT2D eigenvalue weighted by molar-refractivity contribution is 5.24. The number of halogens is 2. The van der Waals surface area contributed by atoms with Crippen LogP contribution in [0.15, 0.2) is 29.7 Å².